The van der Waals surface area contributed by atoms with E-state index in [0.717, 1.165) is 11.1 Å². The van der Waals surface area contributed by atoms with E-state index in [1.807, 2.05) is 31.2 Å². The number of aryl methyl sites for hydroxylation is 2. The molecule has 0 saturated heterocycles. The molecule has 0 fully saturated rings. The zero-order valence-corrected chi connectivity index (χ0v) is 19.1. The highest BCUT2D eigenvalue weighted by Crippen LogP contribution is 2.23. The lowest BCUT2D eigenvalue weighted by atomic mass is 10.1. The molecule has 0 bridgehead atoms. The SMILES string of the molecule is CCOC(=O)c1ccc(CC(=O)CS(=O)(=O)Cc2nc(-c3ccc(C)cc3)oc2C)cc1. The number of esters is 1. The maximum Gasteiger partial charge on any atom is 0.338 e. The number of Topliss-reactive ketones (excluding diaryl/α,β-unsaturated/α-hetero) is 1. The average Bonchev–Trinajstić information content (AvgIpc) is 3.08. The Kier molecular flexibility index (Phi) is 7.25. The molecule has 1 aromatic heterocycles. The fourth-order valence-corrected chi connectivity index (χ4v) is 4.52. The molecule has 0 amide bonds. The van der Waals surface area contributed by atoms with Crippen LogP contribution in [0.5, 0.6) is 0 Å². The van der Waals surface area contributed by atoms with Crippen LogP contribution in [0.4, 0.5) is 0 Å². The van der Waals surface area contributed by atoms with Crippen LogP contribution in [0, 0.1) is 13.8 Å². The molecule has 32 heavy (non-hydrogen) atoms. The minimum atomic E-state index is -3.73. The van der Waals surface area contributed by atoms with Crippen LogP contribution in [-0.2, 0) is 31.5 Å². The highest BCUT2D eigenvalue weighted by Gasteiger charge is 2.22. The van der Waals surface area contributed by atoms with Crippen molar-refractivity contribution in [3.05, 3.63) is 76.7 Å². The van der Waals surface area contributed by atoms with Crippen LogP contribution in [0.1, 0.15) is 39.9 Å². The van der Waals surface area contributed by atoms with E-state index in [1.165, 1.54) is 0 Å². The summed E-state index contributed by atoms with van der Waals surface area (Å²) in [6.45, 7) is 5.61. The number of ketones is 1. The Morgan fingerprint density at radius 1 is 1.00 bits per heavy atom. The Bertz CT molecular complexity index is 1210. The van der Waals surface area contributed by atoms with Crippen molar-refractivity contribution in [1.29, 1.82) is 0 Å². The number of aromatic nitrogens is 1. The summed E-state index contributed by atoms with van der Waals surface area (Å²) in [4.78, 5) is 28.4. The Balaban J connectivity index is 1.63. The topological polar surface area (TPSA) is 104 Å². The van der Waals surface area contributed by atoms with Crippen molar-refractivity contribution in [3.8, 4) is 11.5 Å². The van der Waals surface area contributed by atoms with Gasteiger partial charge < -0.3 is 9.15 Å². The van der Waals surface area contributed by atoms with Gasteiger partial charge in [0.2, 0.25) is 5.89 Å². The van der Waals surface area contributed by atoms with Crippen LogP contribution in [-0.4, -0.2) is 37.5 Å². The van der Waals surface area contributed by atoms with Gasteiger partial charge in [-0.05, 0) is 50.6 Å². The first-order valence-corrected chi connectivity index (χ1v) is 12.0. The molecule has 168 valence electrons. The van der Waals surface area contributed by atoms with E-state index in [9.17, 15) is 18.0 Å². The predicted octanol–water partition coefficient (Wildman–Crippen LogP) is 3.86. The minimum absolute atomic E-state index is 0.0469. The number of rotatable bonds is 9. The number of carbonyl (C=O) groups excluding carboxylic acids is 2. The molecule has 0 aliphatic heterocycles. The van der Waals surface area contributed by atoms with Gasteiger partial charge >= 0.3 is 5.97 Å². The summed E-state index contributed by atoms with van der Waals surface area (Å²) in [5.74, 6) is -1.10. The third-order valence-electron chi connectivity index (χ3n) is 4.80. The number of nitrogens with zero attached hydrogens (tertiary/aromatic N) is 1. The van der Waals surface area contributed by atoms with Crippen molar-refractivity contribution in [2.45, 2.75) is 32.9 Å². The summed E-state index contributed by atoms with van der Waals surface area (Å²) < 4.78 is 35.7. The fraction of sp³-hybridized carbons (Fsp3) is 0.292. The van der Waals surface area contributed by atoms with E-state index < -0.39 is 27.3 Å². The van der Waals surface area contributed by atoms with E-state index in [1.54, 1.807) is 38.1 Å². The molecule has 3 rings (SSSR count). The molecule has 0 N–H and O–H groups in total. The van der Waals surface area contributed by atoms with E-state index in [4.69, 9.17) is 9.15 Å². The van der Waals surface area contributed by atoms with Crippen LogP contribution >= 0.6 is 0 Å². The molecular weight excluding hydrogens is 430 g/mol. The van der Waals surface area contributed by atoms with Crippen LogP contribution in [0.2, 0.25) is 0 Å². The number of hydrogen-bond donors (Lipinski definition) is 0. The number of benzene rings is 2. The fourth-order valence-electron chi connectivity index (χ4n) is 3.14. The van der Waals surface area contributed by atoms with Gasteiger partial charge in [0, 0.05) is 12.0 Å². The maximum atomic E-state index is 12.6. The third-order valence-corrected chi connectivity index (χ3v) is 6.27. The van der Waals surface area contributed by atoms with Gasteiger partial charge in [0.15, 0.2) is 15.6 Å². The predicted molar refractivity (Wildman–Crippen MR) is 120 cm³/mol. The summed E-state index contributed by atoms with van der Waals surface area (Å²) in [5, 5.41) is 0. The quantitative estimate of drug-likeness (QED) is 0.451. The second-order valence-corrected chi connectivity index (χ2v) is 9.62. The van der Waals surface area contributed by atoms with Gasteiger partial charge in [0.25, 0.3) is 0 Å². The van der Waals surface area contributed by atoms with Crippen LogP contribution in [0.25, 0.3) is 11.5 Å². The van der Waals surface area contributed by atoms with Crippen molar-refractivity contribution < 1.29 is 27.2 Å². The van der Waals surface area contributed by atoms with Gasteiger partial charge in [-0.1, -0.05) is 29.8 Å². The second-order valence-electron chi connectivity index (χ2n) is 7.55. The monoisotopic (exact) mass is 455 g/mol. The van der Waals surface area contributed by atoms with Crippen molar-refractivity contribution in [2.75, 3.05) is 12.4 Å². The number of oxazole rings is 1. The lowest BCUT2D eigenvalue weighted by molar-refractivity contribution is -0.116. The lowest BCUT2D eigenvalue weighted by Gasteiger charge is -2.05. The molecule has 0 aliphatic rings. The zero-order valence-electron chi connectivity index (χ0n) is 18.3. The minimum Gasteiger partial charge on any atom is -0.462 e. The third kappa shape index (κ3) is 6.13. The number of carbonyl (C=O) groups is 2. The molecule has 0 atom stereocenters. The molecule has 1 heterocycles. The first-order chi connectivity index (χ1) is 15.2. The lowest BCUT2D eigenvalue weighted by Crippen LogP contribution is -2.20. The summed E-state index contributed by atoms with van der Waals surface area (Å²) in [6.07, 6.45) is -0.0469. The first-order valence-electron chi connectivity index (χ1n) is 10.2. The van der Waals surface area contributed by atoms with Gasteiger partial charge in [-0.2, -0.15) is 0 Å². The van der Waals surface area contributed by atoms with E-state index in [2.05, 4.69) is 4.98 Å². The van der Waals surface area contributed by atoms with Crippen molar-refractivity contribution >= 4 is 21.6 Å². The number of ether oxygens (including phenoxy) is 1. The van der Waals surface area contributed by atoms with Crippen LogP contribution in [0.15, 0.2) is 52.9 Å². The number of hydrogen-bond acceptors (Lipinski definition) is 7. The van der Waals surface area contributed by atoms with Crippen molar-refractivity contribution in [3.63, 3.8) is 0 Å². The van der Waals surface area contributed by atoms with Gasteiger partial charge in [0.05, 0.1) is 23.6 Å². The molecule has 0 unspecified atom stereocenters. The second kappa shape index (κ2) is 9.91. The Morgan fingerprint density at radius 3 is 2.28 bits per heavy atom. The summed E-state index contributed by atoms with van der Waals surface area (Å²) in [6, 6.07) is 13.9. The molecule has 0 radical (unpaired) electrons. The summed E-state index contributed by atoms with van der Waals surface area (Å²) in [7, 11) is -3.73. The molecular formula is C24H25NO6S. The molecule has 3 aromatic rings. The van der Waals surface area contributed by atoms with Crippen LogP contribution < -0.4 is 0 Å². The average molecular weight is 456 g/mol. The first kappa shape index (κ1) is 23.4. The number of sulfone groups is 1. The van der Waals surface area contributed by atoms with Gasteiger partial charge in [-0.25, -0.2) is 18.2 Å². The van der Waals surface area contributed by atoms with Gasteiger partial charge in [0.1, 0.15) is 11.5 Å². The van der Waals surface area contributed by atoms with Gasteiger partial charge in [-0.15, -0.1) is 0 Å². The largest absolute Gasteiger partial charge is 0.462 e. The molecule has 0 spiro atoms. The van der Waals surface area contributed by atoms with E-state index in [-0.39, 0.29) is 18.8 Å². The maximum absolute atomic E-state index is 12.6. The Hall–Kier alpha value is -3.26. The standard InChI is InChI=1S/C24H25NO6S/c1-4-30-24(27)20-11-7-18(8-12-20)13-21(26)14-32(28,29)15-22-17(3)31-23(25-22)19-9-5-16(2)6-10-19/h5-12H,4,13-15H2,1-3H3. The summed E-state index contributed by atoms with van der Waals surface area (Å²) >= 11 is 0. The molecule has 0 aliphatic carbocycles. The Labute approximate surface area is 187 Å². The zero-order chi connectivity index (χ0) is 23.3. The van der Waals surface area contributed by atoms with E-state index >= 15 is 0 Å². The molecule has 7 nitrogen and oxygen atoms in total. The van der Waals surface area contributed by atoms with Crippen LogP contribution in [0.3, 0.4) is 0 Å². The van der Waals surface area contributed by atoms with E-state index in [0.29, 0.717) is 28.5 Å². The van der Waals surface area contributed by atoms with Crippen molar-refractivity contribution in [2.24, 2.45) is 0 Å². The van der Waals surface area contributed by atoms with Crippen molar-refractivity contribution in [1.82, 2.24) is 4.98 Å². The molecule has 2 aromatic carbocycles. The summed E-state index contributed by atoms with van der Waals surface area (Å²) in [5.41, 5.74) is 3.14. The molecule has 8 heteroatoms. The molecule has 0 saturated carbocycles. The normalized spacial score (nSPS) is 11.3. The highest BCUT2D eigenvalue weighted by atomic mass is 32.2. The highest BCUT2D eigenvalue weighted by molar-refractivity contribution is 7.91. The Morgan fingerprint density at radius 2 is 1.66 bits per heavy atom. The van der Waals surface area contributed by atoms with Gasteiger partial charge in [-0.3, -0.25) is 4.79 Å². The smallest absolute Gasteiger partial charge is 0.338 e.